The average molecular weight is 301 g/mol. The van der Waals surface area contributed by atoms with E-state index in [1.807, 2.05) is 16.9 Å². The number of aromatic nitrogens is 2. The van der Waals surface area contributed by atoms with Gasteiger partial charge in [-0.1, -0.05) is 0 Å². The van der Waals surface area contributed by atoms with Gasteiger partial charge in [0.2, 0.25) is 5.91 Å². The summed E-state index contributed by atoms with van der Waals surface area (Å²) in [6, 6.07) is 1.86. The summed E-state index contributed by atoms with van der Waals surface area (Å²) in [6.45, 7) is 1.07. The van der Waals surface area contributed by atoms with E-state index in [0.717, 1.165) is 6.42 Å². The molecule has 22 heavy (non-hydrogen) atoms. The maximum absolute atomic E-state index is 12.1. The maximum Gasteiger partial charge on any atom is 0.220 e. The van der Waals surface area contributed by atoms with Crippen LogP contribution in [0.3, 0.4) is 0 Å². The predicted molar refractivity (Wildman–Crippen MR) is 78.9 cm³/mol. The van der Waals surface area contributed by atoms with E-state index in [2.05, 4.69) is 26.6 Å². The molecule has 7 nitrogen and oxygen atoms in total. The van der Waals surface area contributed by atoms with Crippen molar-refractivity contribution in [3.8, 4) is 12.3 Å². The van der Waals surface area contributed by atoms with Gasteiger partial charge in [-0.2, -0.15) is 15.3 Å². The molecule has 7 heteroatoms. The lowest BCUT2D eigenvalue weighted by Crippen LogP contribution is -2.41. The minimum absolute atomic E-state index is 0.00922. The van der Waals surface area contributed by atoms with Gasteiger partial charge >= 0.3 is 0 Å². The summed E-state index contributed by atoms with van der Waals surface area (Å²) < 4.78 is 7.30. The van der Waals surface area contributed by atoms with Gasteiger partial charge in [-0.25, -0.2) is 0 Å². The van der Waals surface area contributed by atoms with Gasteiger partial charge in [0.1, 0.15) is 0 Å². The van der Waals surface area contributed by atoms with Crippen LogP contribution in [0.4, 0.5) is 0 Å². The molecule has 0 aliphatic carbocycles. The summed E-state index contributed by atoms with van der Waals surface area (Å²) >= 11 is 0. The fourth-order valence-corrected chi connectivity index (χ4v) is 2.68. The molecule has 3 rings (SSSR count). The van der Waals surface area contributed by atoms with E-state index < -0.39 is 5.66 Å². The van der Waals surface area contributed by atoms with Gasteiger partial charge in [-0.05, 0) is 6.07 Å². The molecule has 1 N–H and O–H groups in total. The zero-order valence-electron chi connectivity index (χ0n) is 12.3. The van der Waals surface area contributed by atoms with Crippen LogP contribution in [0, 0.1) is 12.3 Å². The van der Waals surface area contributed by atoms with Crippen LogP contribution in [-0.2, 0) is 9.53 Å². The normalized spacial score (nSPS) is 24.9. The summed E-state index contributed by atoms with van der Waals surface area (Å²) in [7, 11) is 0. The molecule has 116 valence electrons. The molecule has 1 amide bonds. The van der Waals surface area contributed by atoms with Crippen molar-refractivity contribution in [3.63, 3.8) is 0 Å². The van der Waals surface area contributed by atoms with Crippen molar-refractivity contribution in [2.45, 2.75) is 43.4 Å². The second kappa shape index (κ2) is 6.28. The summed E-state index contributed by atoms with van der Waals surface area (Å²) in [5, 5.41) is 15.3. The van der Waals surface area contributed by atoms with E-state index in [-0.39, 0.29) is 18.0 Å². The first-order chi connectivity index (χ1) is 10.7. The number of hydrogen-bond donors (Lipinski definition) is 1. The van der Waals surface area contributed by atoms with Gasteiger partial charge in [-0.3, -0.25) is 9.48 Å². The summed E-state index contributed by atoms with van der Waals surface area (Å²) in [5.74, 6) is 2.58. The lowest BCUT2D eigenvalue weighted by Gasteiger charge is -2.19. The van der Waals surface area contributed by atoms with Crippen molar-refractivity contribution in [2.24, 2.45) is 10.2 Å². The van der Waals surface area contributed by atoms with Crippen LogP contribution in [0.1, 0.15) is 31.7 Å². The van der Waals surface area contributed by atoms with E-state index in [1.165, 1.54) is 0 Å². The minimum Gasteiger partial charge on any atom is -0.377 e. The van der Waals surface area contributed by atoms with E-state index in [0.29, 0.717) is 32.5 Å². The highest BCUT2D eigenvalue weighted by Gasteiger charge is 2.39. The van der Waals surface area contributed by atoms with Gasteiger partial charge in [0, 0.05) is 38.1 Å². The molecule has 0 spiro atoms. The number of ether oxygens (including phenoxy) is 1. The van der Waals surface area contributed by atoms with Crippen LogP contribution < -0.4 is 5.32 Å². The second-order valence-corrected chi connectivity index (χ2v) is 5.65. The van der Waals surface area contributed by atoms with Crippen LogP contribution in [0.2, 0.25) is 0 Å². The van der Waals surface area contributed by atoms with Crippen LogP contribution >= 0.6 is 0 Å². The highest BCUT2D eigenvalue weighted by Crippen LogP contribution is 2.37. The number of nitrogens with zero attached hydrogens (tertiary/aromatic N) is 4. The SMILES string of the molecule is C#CCCC1(CCC(=O)N[C@@H]2COC[C@@H]2n2cccn2)N=N1. The molecule has 2 aliphatic heterocycles. The van der Waals surface area contributed by atoms with Crippen molar-refractivity contribution in [1.82, 2.24) is 15.1 Å². The van der Waals surface area contributed by atoms with Crippen LogP contribution in [0.25, 0.3) is 0 Å². The third-order valence-corrected chi connectivity index (χ3v) is 4.07. The molecule has 1 aromatic rings. The molecule has 2 atom stereocenters. The first kappa shape index (κ1) is 14.7. The molecule has 0 saturated carbocycles. The molecule has 3 heterocycles. The summed E-state index contributed by atoms with van der Waals surface area (Å²) in [6.07, 6.45) is 11.2. The first-order valence-corrected chi connectivity index (χ1v) is 7.46. The van der Waals surface area contributed by atoms with E-state index >= 15 is 0 Å². The van der Waals surface area contributed by atoms with Crippen molar-refractivity contribution in [3.05, 3.63) is 18.5 Å². The van der Waals surface area contributed by atoms with Crippen molar-refractivity contribution < 1.29 is 9.53 Å². The number of carbonyl (C=O) groups excluding carboxylic acids is 1. The van der Waals surface area contributed by atoms with E-state index in [1.54, 1.807) is 6.20 Å². The summed E-state index contributed by atoms with van der Waals surface area (Å²) in [5.41, 5.74) is -0.405. The number of terminal acetylenes is 1. The third kappa shape index (κ3) is 3.34. The Kier molecular flexibility index (Phi) is 4.20. The topological polar surface area (TPSA) is 80.9 Å². The number of amides is 1. The van der Waals surface area contributed by atoms with Crippen LogP contribution in [0.5, 0.6) is 0 Å². The molecule has 1 fully saturated rings. The molecule has 0 unspecified atom stereocenters. The Labute approximate surface area is 129 Å². The van der Waals surface area contributed by atoms with Crippen molar-refractivity contribution in [1.29, 1.82) is 0 Å². The fraction of sp³-hybridized carbons (Fsp3) is 0.600. The van der Waals surface area contributed by atoms with Gasteiger partial charge < -0.3 is 10.1 Å². The lowest BCUT2D eigenvalue weighted by atomic mass is 10.0. The lowest BCUT2D eigenvalue weighted by molar-refractivity contribution is -0.122. The zero-order valence-corrected chi connectivity index (χ0v) is 12.3. The van der Waals surface area contributed by atoms with Crippen LogP contribution in [0.15, 0.2) is 28.7 Å². The van der Waals surface area contributed by atoms with Crippen molar-refractivity contribution in [2.75, 3.05) is 13.2 Å². The molecular formula is C15H19N5O2. The van der Waals surface area contributed by atoms with Crippen LogP contribution in [-0.4, -0.2) is 40.6 Å². The molecule has 1 aromatic heterocycles. The Morgan fingerprint density at radius 1 is 1.45 bits per heavy atom. The molecule has 0 bridgehead atoms. The standard InChI is InChI=1S/C15H19N5O2/c1-2-3-6-15(18-19-15)7-5-14(21)17-12-10-22-11-13(12)20-9-4-8-16-20/h1,4,8-9,12-13H,3,5-7,10-11H2,(H,17,21)/t12-,13+/m1/s1. The van der Waals surface area contributed by atoms with Crippen molar-refractivity contribution >= 4 is 5.91 Å². The smallest absolute Gasteiger partial charge is 0.220 e. The second-order valence-electron chi connectivity index (χ2n) is 5.65. The monoisotopic (exact) mass is 301 g/mol. The largest absolute Gasteiger partial charge is 0.377 e. The minimum atomic E-state index is -0.405. The van der Waals surface area contributed by atoms with Gasteiger partial charge in [0.05, 0.1) is 25.3 Å². The molecular weight excluding hydrogens is 282 g/mol. The van der Waals surface area contributed by atoms with Gasteiger partial charge in [0.15, 0.2) is 5.66 Å². The summed E-state index contributed by atoms with van der Waals surface area (Å²) in [4.78, 5) is 12.1. The van der Waals surface area contributed by atoms with Gasteiger partial charge in [-0.15, -0.1) is 12.3 Å². The Balaban J connectivity index is 1.47. The highest BCUT2D eigenvalue weighted by atomic mass is 16.5. The Morgan fingerprint density at radius 3 is 3.00 bits per heavy atom. The fourth-order valence-electron chi connectivity index (χ4n) is 2.68. The molecule has 0 radical (unpaired) electrons. The average Bonchev–Trinajstić information content (AvgIpc) is 2.92. The highest BCUT2D eigenvalue weighted by molar-refractivity contribution is 5.76. The molecule has 1 saturated heterocycles. The predicted octanol–water partition coefficient (Wildman–Crippen LogP) is 1.29. The Hall–Kier alpha value is -2.20. The molecule has 2 aliphatic rings. The van der Waals surface area contributed by atoms with E-state index in [9.17, 15) is 4.79 Å². The quantitative estimate of drug-likeness (QED) is 0.771. The zero-order chi connectivity index (χ0) is 15.4. The first-order valence-electron chi connectivity index (χ1n) is 7.46. The van der Waals surface area contributed by atoms with Gasteiger partial charge in [0.25, 0.3) is 0 Å². The third-order valence-electron chi connectivity index (χ3n) is 4.07. The number of nitrogens with one attached hydrogen (secondary N) is 1. The number of rotatable bonds is 7. The Morgan fingerprint density at radius 2 is 2.32 bits per heavy atom. The van der Waals surface area contributed by atoms with E-state index in [4.69, 9.17) is 11.2 Å². The maximum atomic E-state index is 12.1. The number of carbonyl (C=O) groups is 1. The Bertz CT molecular complexity index is 584. The molecule has 0 aromatic carbocycles. The number of hydrogen-bond acceptors (Lipinski definition) is 5.